The van der Waals surface area contributed by atoms with Gasteiger partial charge in [0.15, 0.2) is 5.78 Å². The molecule has 0 radical (unpaired) electrons. The number of amides is 2. The zero-order valence-electron chi connectivity index (χ0n) is 17.4. The second kappa shape index (κ2) is 12.0. The first-order valence-corrected chi connectivity index (χ1v) is 11.0. The molecule has 0 bridgehead atoms. The summed E-state index contributed by atoms with van der Waals surface area (Å²) in [6, 6.07) is 12.0. The van der Waals surface area contributed by atoms with Gasteiger partial charge in [0.1, 0.15) is 11.8 Å². The largest absolute Gasteiger partial charge is 0.331 e. The minimum absolute atomic E-state index is 0.0367. The predicted molar refractivity (Wildman–Crippen MR) is 119 cm³/mol. The van der Waals surface area contributed by atoms with Crippen molar-refractivity contribution in [1.29, 1.82) is 0 Å². The van der Waals surface area contributed by atoms with Gasteiger partial charge in [0.25, 0.3) is 0 Å². The highest BCUT2D eigenvalue weighted by molar-refractivity contribution is 7.12. The number of anilines is 1. The molecule has 0 saturated heterocycles. The van der Waals surface area contributed by atoms with Gasteiger partial charge >= 0.3 is 0 Å². The molecule has 0 spiro atoms. The zero-order valence-corrected chi connectivity index (χ0v) is 18.2. The number of para-hydroxylation sites is 1. The van der Waals surface area contributed by atoms with Crippen molar-refractivity contribution in [3.8, 4) is 0 Å². The average molecular weight is 429 g/mol. The number of ketones is 2. The number of hydrogen-bond acceptors (Lipinski definition) is 5. The van der Waals surface area contributed by atoms with Crippen molar-refractivity contribution in [3.05, 3.63) is 52.7 Å². The summed E-state index contributed by atoms with van der Waals surface area (Å²) < 4.78 is 0. The number of carbonyl (C=O) groups excluding carboxylic acids is 4. The molecule has 0 fully saturated rings. The Morgan fingerprint density at radius 1 is 0.967 bits per heavy atom. The van der Waals surface area contributed by atoms with Gasteiger partial charge in [-0.15, -0.1) is 11.3 Å². The third-order valence-corrected chi connectivity index (χ3v) is 5.63. The third kappa shape index (κ3) is 7.22. The Morgan fingerprint density at radius 2 is 1.67 bits per heavy atom. The molecule has 1 aromatic heterocycles. The van der Waals surface area contributed by atoms with E-state index >= 15 is 0 Å². The highest BCUT2D eigenvalue weighted by atomic mass is 32.1. The average Bonchev–Trinajstić information content (AvgIpc) is 3.29. The van der Waals surface area contributed by atoms with Crippen LogP contribution < -0.4 is 5.32 Å². The molecule has 1 unspecified atom stereocenters. The molecule has 7 heteroatoms. The number of thiophene rings is 1. The van der Waals surface area contributed by atoms with Crippen molar-refractivity contribution in [3.63, 3.8) is 0 Å². The van der Waals surface area contributed by atoms with Gasteiger partial charge in [0.2, 0.25) is 11.8 Å². The Kier molecular flexibility index (Phi) is 9.41. The first kappa shape index (κ1) is 23.5. The lowest BCUT2D eigenvalue weighted by atomic mass is 10.1. The summed E-state index contributed by atoms with van der Waals surface area (Å²) in [6.45, 7) is 4.06. The number of rotatable bonds is 12. The molecule has 0 aliphatic rings. The molecule has 0 aliphatic carbocycles. The Labute approximate surface area is 181 Å². The Bertz CT molecular complexity index is 849. The van der Waals surface area contributed by atoms with Crippen LogP contribution in [-0.2, 0) is 14.4 Å². The van der Waals surface area contributed by atoms with Crippen LogP contribution in [0.2, 0.25) is 0 Å². The van der Waals surface area contributed by atoms with E-state index in [0.717, 1.165) is 0 Å². The number of hydrogen-bond donors (Lipinski definition) is 1. The molecule has 2 rings (SSSR count). The van der Waals surface area contributed by atoms with Crippen molar-refractivity contribution in [2.75, 3.05) is 11.9 Å². The van der Waals surface area contributed by atoms with E-state index in [1.165, 1.54) is 16.2 Å². The number of nitrogens with zero attached hydrogens (tertiary/aromatic N) is 1. The number of Topliss-reactive ketones (excluding diaryl/α,β-unsaturated/α-hetero) is 2. The topological polar surface area (TPSA) is 83.6 Å². The lowest BCUT2D eigenvalue weighted by molar-refractivity contribution is -0.139. The van der Waals surface area contributed by atoms with Gasteiger partial charge in [-0.3, -0.25) is 19.2 Å². The molecule has 1 N–H and O–H groups in total. The van der Waals surface area contributed by atoms with E-state index in [9.17, 15) is 19.2 Å². The Balaban J connectivity index is 1.84. The van der Waals surface area contributed by atoms with Crippen molar-refractivity contribution in [2.45, 2.75) is 52.0 Å². The van der Waals surface area contributed by atoms with Crippen molar-refractivity contribution >= 4 is 40.4 Å². The third-order valence-electron chi connectivity index (χ3n) is 4.72. The maximum atomic E-state index is 12.7. The van der Waals surface area contributed by atoms with E-state index in [2.05, 4.69) is 5.32 Å². The summed E-state index contributed by atoms with van der Waals surface area (Å²) in [5.41, 5.74) is 0.670. The highest BCUT2D eigenvalue weighted by Gasteiger charge is 2.25. The van der Waals surface area contributed by atoms with Crippen molar-refractivity contribution in [2.24, 2.45) is 0 Å². The van der Waals surface area contributed by atoms with Gasteiger partial charge in [-0.25, -0.2) is 0 Å². The molecule has 1 heterocycles. The number of nitrogens with one attached hydrogen (secondary N) is 1. The van der Waals surface area contributed by atoms with E-state index in [1.54, 1.807) is 31.2 Å². The van der Waals surface area contributed by atoms with E-state index in [-0.39, 0.29) is 49.1 Å². The van der Waals surface area contributed by atoms with Gasteiger partial charge in [0.05, 0.1) is 4.88 Å². The fourth-order valence-corrected chi connectivity index (χ4v) is 3.71. The summed E-state index contributed by atoms with van der Waals surface area (Å²) in [4.78, 5) is 51.5. The van der Waals surface area contributed by atoms with E-state index < -0.39 is 6.04 Å². The van der Waals surface area contributed by atoms with Crippen molar-refractivity contribution in [1.82, 2.24) is 4.90 Å². The molecule has 160 valence electrons. The fourth-order valence-electron chi connectivity index (χ4n) is 3.01. The van der Waals surface area contributed by atoms with Gasteiger partial charge in [-0.05, 0) is 36.9 Å². The molecule has 1 aromatic carbocycles. The summed E-state index contributed by atoms with van der Waals surface area (Å²) in [6.07, 6.45) is 1.10. The molecule has 0 aliphatic heterocycles. The second-order valence-corrected chi connectivity index (χ2v) is 8.01. The van der Waals surface area contributed by atoms with Crippen LogP contribution >= 0.6 is 11.3 Å². The normalized spacial score (nSPS) is 11.5. The van der Waals surface area contributed by atoms with Crippen LogP contribution in [0.1, 0.15) is 55.6 Å². The lowest BCUT2D eigenvalue weighted by Crippen LogP contribution is -2.46. The fraction of sp³-hybridized carbons (Fsp3) is 0.391. The molecule has 2 amide bonds. The van der Waals surface area contributed by atoms with Crippen LogP contribution in [-0.4, -0.2) is 40.9 Å². The second-order valence-electron chi connectivity index (χ2n) is 7.06. The minimum atomic E-state index is -0.645. The van der Waals surface area contributed by atoms with Crippen molar-refractivity contribution < 1.29 is 19.2 Å². The van der Waals surface area contributed by atoms with E-state index in [1.807, 2.05) is 30.5 Å². The maximum absolute atomic E-state index is 12.7. The smallest absolute Gasteiger partial charge is 0.246 e. The van der Waals surface area contributed by atoms with Crippen LogP contribution in [0.15, 0.2) is 47.8 Å². The van der Waals surface area contributed by atoms with Gasteiger partial charge in [0, 0.05) is 37.9 Å². The van der Waals surface area contributed by atoms with Crippen LogP contribution in [0.3, 0.4) is 0 Å². The molecule has 30 heavy (non-hydrogen) atoms. The first-order chi connectivity index (χ1) is 14.4. The predicted octanol–water partition coefficient (Wildman–Crippen LogP) is 4.33. The lowest BCUT2D eigenvalue weighted by Gasteiger charge is -2.28. The Morgan fingerprint density at radius 3 is 2.30 bits per heavy atom. The van der Waals surface area contributed by atoms with Crippen LogP contribution in [0.25, 0.3) is 0 Å². The van der Waals surface area contributed by atoms with Gasteiger partial charge in [-0.2, -0.15) is 0 Å². The molecule has 6 nitrogen and oxygen atoms in total. The number of carbonyl (C=O) groups is 4. The van der Waals surface area contributed by atoms with E-state index in [4.69, 9.17) is 0 Å². The standard InChI is InChI=1S/C23H28N2O4S/c1-3-15-25(17(2)23(29)24-18-8-5-4-6-9-18)22(28)14-12-19(26)11-13-20(27)21-10-7-16-30-21/h4-10,16-17H,3,11-15H2,1-2H3,(H,24,29). The molecular formula is C23H28N2O4S. The minimum Gasteiger partial charge on any atom is -0.331 e. The summed E-state index contributed by atoms with van der Waals surface area (Å²) in [7, 11) is 0. The summed E-state index contributed by atoms with van der Waals surface area (Å²) in [5, 5.41) is 4.63. The molecule has 2 aromatic rings. The number of benzene rings is 1. The van der Waals surface area contributed by atoms with Crippen LogP contribution in [0, 0.1) is 0 Å². The van der Waals surface area contributed by atoms with Gasteiger partial charge in [-0.1, -0.05) is 31.2 Å². The first-order valence-electron chi connectivity index (χ1n) is 10.2. The summed E-state index contributed by atoms with van der Waals surface area (Å²) in [5.74, 6) is -0.670. The zero-order chi connectivity index (χ0) is 21.9. The van der Waals surface area contributed by atoms with E-state index in [0.29, 0.717) is 23.5 Å². The van der Waals surface area contributed by atoms with Crippen LogP contribution in [0.5, 0.6) is 0 Å². The quantitative estimate of drug-likeness (QED) is 0.510. The SMILES string of the molecule is CCCN(C(=O)CCC(=O)CCC(=O)c1cccs1)C(C)C(=O)Nc1ccccc1. The Hall–Kier alpha value is -2.80. The monoisotopic (exact) mass is 428 g/mol. The maximum Gasteiger partial charge on any atom is 0.246 e. The highest BCUT2D eigenvalue weighted by Crippen LogP contribution is 2.14. The molecular weight excluding hydrogens is 400 g/mol. The summed E-state index contributed by atoms with van der Waals surface area (Å²) >= 11 is 1.36. The molecule has 0 saturated carbocycles. The molecule has 1 atom stereocenters. The van der Waals surface area contributed by atoms with Crippen LogP contribution in [0.4, 0.5) is 5.69 Å². The van der Waals surface area contributed by atoms with Gasteiger partial charge < -0.3 is 10.2 Å².